The summed E-state index contributed by atoms with van der Waals surface area (Å²) >= 11 is 0. The number of methoxy groups -OCH3 is 1. The van der Waals surface area contributed by atoms with Gasteiger partial charge >= 0.3 is 6.09 Å². The van der Waals surface area contributed by atoms with Crippen molar-refractivity contribution >= 4 is 6.09 Å². The van der Waals surface area contributed by atoms with E-state index in [1.807, 2.05) is 27.7 Å². The molecule has 0 bridgehead atoms. The molecule has 0 aliphatic rings. The zero-order valence-electron chi connectivity index (χ0n) is 12.1. The fourth-order valence-corrected chi connectivity index (χ4v) is 1.74. The molecule has 0 spiro atoms. The first-order chi connectivity index (χ1) is 8.79. The first kappa shape index (κ1) is 15.1. The van der Waals surface area contributed by atoms with Gasteiger partial charge in [0.15, 0.2) is 11.5 Å². The van der Waals surface area contributed by atoms with Crippen LogP contribution in [-0.2, 0) is 0 Å². The quantitative estimate of drug-likeness (QED) is 0.914. The standard InChI is InChI=1S/C14H21NO4/c1-6-15(14(2,3)4)13(17)19-12-8-7-10(18-5)9-11(12)16/h7-9,16H,6H2,1-5H3. The summed E-state index contributed by atoms with van der Waals surface area (Å²) in [5.74, 6) is 0.492. The maximum absolute atomic E-state index is 12.1. The van der Waals surface area contributed by atoms with E-state index in [2.05, 4.69) is 0 Å². The SMILES string of the molecule is CCN(C(=O)Oc1ccc(OC)cc1O)C(C)(C)C. The number of hydrogen-bond donors (Lipinski definition) is 1. The highest BCUT2D eigenvalue weighted by Gasteiger charge is 2.27. The van der Waals surface area contributed by atoms with Gasteiger partial charge in [-0.05, 0) is 39.8 Å². The van der Waals surface area contributed by atoms with Crippen molar-refractivity contribution in [3.05, 3.63) is 18.2 Å². The number of aromatic hydroxyl groups is 1. The molecule has 0 heterocycles. The minimum Gasteiger partial charge on any atom is -0.504 e. The van der Waals surface area contributed by atoms with Gasteiger partial charge in [-0.2, -0.15) is 0 Å². The zero-order valence-corrected chi connectivity index (χ0v) is 12.1. The topological polar surface area (TPSA) is 59.0 Å². The first-order valence-electron chi connectivity index (χ1n) is 6.16. The van der Waals surface area contributed by atoms with E-state index < -0.39 is 6.09 Å². The lowest BCUT2D eigenvalue weighted by Crippen LogP contribution is -2.46. The van der Waals surface area contributed by atoms with Crippen molar-refractivity contribution in [2.45, 2.75) is 33.2 Å². The molecule has 19 heavy (non-hydrogen) atoms. The molecule has 1 rings (SSSR count). The Labute approximate surface area is 113 Å². The van der Waals surface area contributed by atoms with E-state index in [9.17, 15) is 9.90 Å². The zero-order chi connectivity index (χ0) is 14.6. The number of phenols is 1. The number of amides is 1. The number of nitrogens with zero attached hydrogens (tertiary/aromatic N) is 1. The smallest absolute Gasteiger partial charge is 0.415 e. The molecule has 0 unspecified atom stereocenters. The third-order valence-corrected chi connectivity index (χ3v) is 2.71. The predicted molar refractivity (Wildman–Crippen MR) is 72.8 cm³/mol. The van der Waals surface area contributed by atoms with Gasteiger partial charge in [-0.3, -0.25) is 0 Å². The molecule has 1 N–H and O–H groups in total. The van der Waals surface area contributed by atoms with Gasteiger partial charge in [0, 0.05) is 18.2 Å². The van der Waals surface area contributed by atoms with Crippen LogP contribution in [0.1, 0.15) is 27.7 Å². The van der Waals surface area contributed by atoms with E-state index in [1.54, 1.807) is 11.0 Å². The Balaban J connectivity index is 2.87. The number of hydrogen-bond acceptors (Lipinski definition) is 4. The number of carbonyl (C=O) groups is 1. The fourth-order valence-electron chi connectivity index (χ4n) is 1.74. The fraction of sp³-hybridized carbons (Fsp3) is 0.500. The normalized spacial score (nSPS) is 11.0. The molecular weight excluding hydrogens is 246 g/mol. The monoisotopic (exact) mass is 267 g/mol. The van der Waals surface area contributed by atoms with Crippen molar-refractivity contribution in [3.8, 4) is 17.2 Å². The third kappa shape index (κ3) is 3.77. The van der Waals surface area contributed by atoms with E-state index in [-0.39, 0.29) is 17.0 Å². The maximum Gasteiger partial charge on any atom is 0.415 e. The van der Waals surface area contributed by atoms with Crippen LogP contribution >= 0.6 is 0 Å². The Kier molecular flexibility index (Phi) is 4.64. The van der Waals surface area contributed by atoms with Crippen molar-refractivity contribution in [3.63, 3.8) is 0 Å². The molecule has 0 radical (unpaired) electrons. The molecule has 106 valence electrons. The van der Waals surface area contributed by atoms with Gasteiger partial charge in [0.1, 0.15) is 5.75 Å². The number of rotatable bonds is 3. The molecule has 1 amide bonds. The highest BCUT2D eigenvalue weighted by Crippen LogP contribution is 2.30. The van der Waals surface area contributed by atoms with Crippen LogP contribution in [0.15, 0.2) is 18.2 Å². The number of ether oxygens (including phenoxy) is 2. The van der Waals surface area contributed by atoms with Crippen LogP contribution in [0.25, 0.3) is 0 Å². The minimum absolute atomic E-state index is 0.119. The molecule has 0 saturated heterocycles. The van der Waals surface area contributed by atoms with E-state index in [4.69, 9.17) is 9.47 Å². The molecule has 0 atom stereocenters. The summed E-state index contributed by atoms with van der Waals surface area (Å²) in [6.45, 7) is 8.17. The van der Waals surface area contributed by atoms with Crippen molar-refractivity contribution < 1.29 is 19.4 Å². The van der Waals surface area contributed by atoms with Gasteiger partial charge in [0.05, 0.1) is 7.11 Å². The Morgan fingerprint density at radius 1 is 1.37 bits per heavy atom. The lowest BCUT2D eigenvalue weighted by Gasteiger charge is -2.33. The number of benzene rings is 1. The first-order valence-corrected chi connectivity index (χ1v) is 6.16. The molecule has 1 aromatic carbocycles. The highest BCUT2D eigenvalue weighted by molar-refractivity contribution is 5.72. The average Bonchev–Trinajstić information content (AvgIpc) is 2.30. The van der Waals surface area contributed by atoms with Crippen LogP contribution < -0.4 is 9.47 Å². The van der Waals surface area contributed by atoms with Gasteiger partial charge in [0.2, 0.25) is 0 Å². The summed E-state index contributed by atoms with van der Waals surface area (Å²) in [6, 6.07) is 4.52. The van der Waals surface area contributed by atoms with Gasteiger partial charge in [-0.25, -0.2) is 4.79 Å². The lowest BCUT2D eigenvalue weighted by molar-refractivity contribution is 0.109. The second kappa shape index (κ2) is 5.82. The molecule has 5 nitrogen and oxygen atoms in total. The number of carbonyl (C=O) groups excluding carboxylic acids is 1. The summed E-state index contributed by atoms with van der Waals surface area (Å²) < 4.78 is 10.2. The van der Waals surface area contributed by atoms with Crippen LogP contribution in [0.2, 0.25) is 0 Å². The van der Waals surface area contributed by atoms with Gasteiger partial charge < -0.3 is 19.5 Å². The highest BCUT2D eigenvalue weighted by atomic mass is 16.6. The number of phenolic OH excluding ortho intramolecular Hbond substituents is 1. The second-order valence-electron chi connectivity index (χ2n) is 5.12. The maximum atomic E-state index is 12.1. The Morgan fingerprint density at radius 3 is 2.42 bits per heavy atom. The van der Waals surface area contributed by atoms with Crippen LogP contribution in [0.5, 0.6) is 17.2 Å². The molecule has 0 aromatic heterocycles. The van der Waals surface area contributed by atoms with Crippen LogP contribution in [0, 0.1) is 0 Å². The summed E-state index contributed by atoms with van der Waals surface area (Å²) in [7, 11) is 1.50. The third-order valence-electron chi connectivity index (χ3n) is 2.71. The van der Waals surface area contributed by atoms with Gasteiger partial charge in [-0.15, -0.1) is 0 Å². The van der Waals surface area contributed by atoms with Crippen molar-refractivity contribution in [1.29, 1.82) is 0 Å². The lowest BCUT2D eigenvalue weighted by atomic mass is 10.1. The summed E-state index contributed by atoms with van der Waals surface area (Å²) in [6.07, 6.45) is -0.490. The minimum atomic E-state index is -0.490. The average molecular weight is 267 g/mol. The van der Waals surface area contributed by atoms with E-state index in [1.165, 1.54) is 19.2 Å². The Hall–Kier alpha value is -1.91. The molecular formula is C14H21NO4. The molecule has 0 saturated carbocycles. The molecule has 5 heteroatoms. The molecule has 0 aliphatic carbocycles. The van der Waals surface area contributed by atoms with Gasteiger partial charge in [0.25, 0.3) is 0 Å². The van der Waals surface area contributed by atoms with Crippen LogP contribution in [0.4, 0.5) is 4.79 Å². The largest absolute Gasteiger partial charge is 0.504 e. The van der Waals surface area contributed by atoms with Gasteiger partial charge in [-0.1, -0.05) is 0 Å². The Bertz CT molecular complexity index is 451. The molecule has 0 fully saturated rings. The summed E-state index contributed by atoms with van der Waals surface area (Å²) in [5.41, 5.74) is -0.339. The van der Waals surface area contributed by atoms with Crippen LogP contribution in [0.3, 0.4) is 0 Å². The van der Waals surface area contributed by atoms with E-state index in [0.717, 1.165) is 0 Å². The van der Waals surface area contributed by atoms with Crippen molar-refractivity contribution in [2.24, 2.45) is 0 Å². The van der Waals surface area contributed by atoms with E-state index in [0.29, 0.717) is 12.3 Å². The molecule has 1 aromatic rings. The molecule has 0 aliphatic heterocycles. The van der Waals surface area contributed by atoms with Crippen LogP contribution in [-0.4, -0.2) is 35.3 Å². The van der Waals surface area contributed by atoms with E-state index >= 15 is 0 Å². The summed E-state index contributed by atoms with van der Waals surface area (Å²) in [5, 5.41) is 9.75. The van der Waals surface area contributed by atoms with Crippen molar-refractivity contribution in [2.75, 3.05) is 13.7 Å². The predicted octanol–water partition coefficient (Wildman–Crippen LogP) is 3.02. The second-order valence-corrected chi connectivity index (χ2v) is 5.12. The summed E-state index contributed by atoms with van der Waals surface area (Å²) in [4.78, 5) is 13.6. The Morgan fingerprint density at radius 2 is 2.00 bits per heavy atom. The van der Waals surface area contributed by atoms with Crippen molar-refractivity contribution in [1.82, 2.24) is 4.90 Å².